The molecule has 2 aromatic heterocycles. The summed E-state index contributed by atoms with van der Waals surface area (Å²) in [6.45, 7) is 4.56. The maximum Gasteiger partial charge on any atom is 0.255 e. The molecule has 118 valence electrons. The van der Waals surface area contributed by atoms with Gasteiger partial charge in [-0.3, -0.25) is 9.48 Å². The first-order chi connectivity index (χ1) is 11.0. The van der Waals surface area contributed by atoms with Crippen molar-refractivity contribution in [2.75, 3.05) is 0 Å². The fourth-order valence-electron chi connectivity index (χ4n) is 2.72. The molecule has 1 amide bonds. The summed E-state index contributed by atoms with van der Waals surface area (Å²) in [6.07, 6.45) is 3.56. The molecule has 0 aromatic carbocycles. The molecular weight excluding hydrogens is 290 g/mol. The molecule has 1 aliphatic carbocycles. The van der Waals surface area contributed by atoms with Crippen LogP contribution in [0.3, 0.4) is 0 Å². The molecule has 1 saturated carbocycles. The van der Waals surface area contributed by atoms with E-state index in [0.717, 1.165) is 29.8 Å². The molecule has 1 aliphatic rings. The van der Waals surface area contributed by atoms with Crippen LogP contribution in [-0.2, 0) is 13.6 Å². The third kappa shape index (κ3) is 2.95. The van der Waals surface area contributed by atoms with E-state index < -0.39 is 0 Å². The van der Waals surface area contributed by atoms with Crippen molar-refractivity contribution >= 4 is 5.91 Å². The standard InChI is InChI=1S/C17H19N5O/c1-11-16(12(2)21(3)20-11)10-22(15-6-7-15)17(23)13-4-5-14(8-18)19-9-13/h4-5,9,15H,6-7,10H2,1-3H3. The van der Waals surface area contributed by atoms with Gasteiger partial charge in [-0.25, -0.2) is 4.98 Å². The number of carbonyl (C=O) groups excluding carboxylic acids is 1. The quantitative estimate of drug-likeness (QED) is 0.867. The highest BCUT2D eigenvalue weighted by molar-refractivity contribution is 5.94. The molecule has 0 unspecified atom stereocenters. The van der Waals surface area contributed by atoms with E-state index >= 15 is 0 Å². The lowest BCUT2D eigenvalue weighted by atomic mass is 10.1. The highest BCUT2D eigenvalue weighted by atomic mass is 16.2. The Labute approximate surface area is 135 Å². The lowest BCUT2D eigenvalue weighted by Crippen LogP contribution is -2.33. The van der Waals surface area contributed by atoms with Gasteiger partial charge in [-0.1, -0.05) is 0 Å². The first-order valence-electron chi connectivity index (χ1n) is 7.67. The van der Waals surface area contributed by atoms with Gasteiger partial charge in [0, 0.05) is 37.1 Å². The van der Waals surface area contributed by atoms with Gasteiger partial charge in [-0.05, 0) is 38.8 Å². The average Bonchev–Trinajstić information content (AvgIpc) is 3.35. The Bertz CT molecular complexity index is 781. The minimum absolute atomic E-state index is 0.0351. The van der Waals surface area contributed by atoms with Crippen molar-refractivity contribution in [3.63, 3.8) is 0 Å². The third-order valence-corrected chi connectivity index (χ3v) is 4.36. The molecule has 0 N–H and O–H groups in total. The highest BCUT2D eigenvalue weighted by Gasteiger charge is 2.34. The fraction of sp³-hybridized carbons (Fsp3) is 0.412. The van der Waals surface area contributed by atoms with Crippen molar-refractivity contribution in [2.24, 2.45) is 7.05 Å². The number of carbonyl (C=O) groups is 1. The van der Waals surface area contributed by atoms with E-state index in [9.17, 15) is 4.79 Å². The predicted molar refractivity (Wildman–Crippen MR) is 84.5 cm³/mol. The summed E-state index contributed by atoms with van der Waals surface area (Å²) in [5.74, 6) is -0.0351. The van der Waals surface area contributed by atoms with Crippen LogP contribution in [0.15, 0.2) is 18.3 Å². The van der Waals surface area contributed by atoms with Crippen LogP contribution in [0, 0.1) is 25.2 Å². The summed E-state index contributed by atoms with van der Waals surface area (Å²) in [5, 5.41) is 13.2. The molecule has 3 rings (SSSR count). The van der Waals surface area contributed by atoms with Crippen LogP contribution < -0.4 is 0 Å². The van der Waals surface area contributed by atoms with Crippen molar-refractivity contribution in [3.05, 3.63) is 46.5 Å². The van der Waals surface area contributed by atoms with Gasteiger partial charge in [0.25, 0.3) is 5.91 Å². The van der Waals surface area contributed by atoms with Crippen LogP contribution in [0.4, 0.5) is 0 Å². The molecule has 0 spiro atoms. The highest BCUT2D eigenvalue weighted by Crippen LogP contribution is 2.30. The van der Waals surface area contributed by atoms with Gasteiger partial charge in [0.2, 0.25) is 0 Å². The van der Waals surface area contributed by atoms with Crippen LogP contribution in [0.1, 0.15) is 45.8 Å². The average molecular weight is 309 g/mol. The monoisotopic (exact) mass is 309 g/mol. The van der Waals surface area contributed by atoms with E-state index in [-0.39, 0.29) is 11.9 Å². The summed E-state index contributed by atoms with van der Waals surface area (Å²) < 4.78 is 1.85. The van der Waals surface area contributed by atoms with Crippen LogP contribution >= 0.6 is 0 Å². The lowest BCUT2D eigenvalue weighted by Gasteiger charge is -2.22. The number of nitriles is 1. The number of pyridine rings is 1. The van der Waals surface area contributed by atoms with Crippen molar-refractivity contribution < 1.29 is 4.79 Å². The van der Waals surface area contributed by atoms with E-state index in [1.54, 1.807) is 12.1 Å². The SMILES string of the molecule is Cc1nn(C)c(C)c1CN(C(=O)c1ccc(C#N)nc1)C1CC1. The largest absolute Gasteiger partial charge is 0.331 e. The molecule has 0 atom stereocenters. The Balaban J connectivity index is 1.86. The van der Waals surface area contributed by atoms with Gasteiger partial charge < -0.3 is 4.90 Å². The number of aromatic nitrogens is 3. The summed E-state index contributed by atoms with van der Waals surface area (Å²) in [4.78, 5) is 18.7. The summed E-state index contributed by atoms with van der Waals surface area (Å²) in [7, 11) is 1.92. The summed E-state index contributed by atoms with van der Waals surface area (Å²) in [5.41, 5.74) is 3.99. The first kappa shape index (κ1) is 15.2. The number of rotatable bonds is 4. The molecule has 0 saturated heterocycles. The van der Waals surface area contributed by atoms with Gasteiger partial charge in [0.1, 0.15) is 11.8 Å². The topological polar surface area (TPSA) is 74.8 Å². The van der Waals surface area contributed by atoms with Gasteiger partial charge in [-0.15, -0.1) is 0 Å². The Kier molecular flexibility index (Phi) is 3.87. The van der Waals surface area contributed by atoms with Crippen LogP contribution in [0.2, 0.25) is 0 Å². The first-order valence-corrected chi connectivity index (χ1v) is 7.67. The van der Waals surface area contributed by atoms with Gasteiger partial charge in [-0.2, -0.15) is 10.4 Å². The van der Waals surface area contributed by atoms with E-state index in [1.165, 1.54) is 6.20 Å². The molecule has 2 heterocycles. The molecule has 2 aromatic rings. The second kappa shape index (κ2) is 5.84. The molecule has 6 nitrogen and oxygen atoms in total. The van der Waals surface area contributed by atoms with E-state index in [1.807, 2.05) is 36.5 Å². The van der Waals surface area contributed by atoms with Crippen LogP contribution in [-0.4, -0.2) is 31.6 Å². The Morgan fingerprint density at radius 1 is 1.43 bits per heavy atom. The molecule has 0 aliphatic heterocycles. The van der Waals surface area contributed by atoms with E-state index in [0.29, 0.717) is 17.8 Å². The van der Waals surface area contributed by atoms with Crippen molar-refractivity contribution in [1.29, 1.82) is 5.26 Å². The van der Waals surface area contributed by atoms with E-state index in [4.69, 9.17) is 5.26 Å². The Hall–Kier alpha value is -2.68. The molecule has 6 heteroatoms. The van der Waals surface area contributed by atoms with Crippen molar-refractivity contribution in [3.8, 4) is 6.07 Å². The molecule has 1 fully saturated rings. The minimum Gasteiger partial charge on any atom is -0.331 e. The van der Waals surface area contributed by atoms with E-state index in [2.05, 4.69) is 10.1 Å². The number of amides is 1. The molecule has 0 radical (unpaired) electrons. The smallest absolute Gasteiger partial charge is 0.255 e. The number of hydrogen-bond acceptors (Lipinski definition) is 4. The van der Waals surface area contributed by atoms with Gasteiger partial charge >= 0.3 is 0 Å². The summed E-state index contributed by atoms with van der Waals surface area (Å²) in [6, 6.07) is 5.51. The molecule has 23 heavy (non-hydrogen) atoms. The summed E-state index contributed by atoms with van der Waals surface area (Å²) >= 11 is 0. The zero-order valence-corrected chi connectivity index (χ0v) is 13.6. The maximum atomic E-state index is 12.8. The second-order valence-electron chi connectivity index (χ2n) is 5.98. The normalized spacial score (nSPS) is 13.7. The van der Waals surface area contributed by atoms with Crippen LogP contribution in [0.5, 0.6) is 0 Å². The molecular formula is C17H19N5O. The zero-order chi connectivity index (χ0) is 16.6. The zero-order valence-electron chi connectivity index (χ0n) is 13.6. The molecule has 0 bridgehead atoms. The number of hydrogen-bond donors (Lipinski definition) is 0. The van der Waals surface area contributed by atoms with Crippen LogP contribution in [0.25, 0.3) is 0 Å². The Morgan fingerprint density at radius 3 is 2.65 bits per heavy atom. The van der Waals surface area contributed by atoms with Crippen molar-refractivity contribution in [1.82, 2.24) is 19.7 Å². The lowest BCUT2D eigenvalue weighted by molar-refractivity contribution is 0.0729. The maximum absolute atomic E-state index is 12.8. The second-order valence-corrected chi connectivity index (χ2v) is 5.98. The van der Waals surface area contributed by atoms with Gasteiger partial charge in [0.05, 0.1) is 11.3 Å². The third-order valence-electron chi connectivity index (χ3n) is 4.36. The minimum atomic E-state index is -0.0351. The number of nitrogens with zero attached hydrogens (tertiary/aromatic N) is 5. The van der Waals surface area contributed by atoms with Gasteiger partial charge in [0.15, 0.2) is 0 Å². The predicted octanol–water partition coefficient (Wildman–Crippen LogP) is 2.11. The number of aryl methyl sites for hydroxylation is 2. The Morgan fingerprint density at radius 2 is 2.17 bits per heavy atom. The fourth-order valence-corrected chi connectivity index (χ4v) is 2.72. The van der Waals surface area contributed by atoms with Crippen molar-refractivity contribution in [2.45, 2.75) is 39.3 Å².